The Morgan fingerprint density at radius 2 is 1.00 bits per heavy atom. The van der Waals surface area contributed by atoms with Crippen LogP contribution in [0.25, 0.3) is 33.6 Å². The smallest absolute Gasteiger partial charge is 0.404 e. The second-order valence-electron chi connectivity index (χ2n) is 15.4. The highest BCUT2D eigenvalue weighted by molar-refractivity contribution is 5.72. The summed E-state index contributed by atoms with van der Waals surface area (Å²) < 4.78 is 0. The molecule has 0 radical (unpaired) electrons. The fourth-order valence-electron chi connectivity index (χ4n) is 9.65. The number of rotatable bonds is 9. The lowest BCUT2D eigenvalue weighted by Gasteiger charge is -2.40. The summed E-state index contributed by atoms with van der Waals surface area (Å²) in [5.41, 5.74) is 7.12. The Morgan fingerprint density at radius 1 is 0.607 bits per heavy atom. The number of carbonyl (C=O) groups is 2. The molecule has 0 bridgehead atoms. The van der Waals surface area contributed by atoms with Crippen molar-refractivity contribution in [3.8, 4) is 33.6 Å². The lowest BCUT2D eigenvalue weighted by Crippen LogP contribution is -2.54. The molecule has 2 saturated heterocycles. The van der Waals surface area contributed by atoms with Crippen LogP contribution in [0.1, 0.15) is 87.9 Å². The topological polar surface area (TPSA) is 197 Å². The summed E-state index contributed by atoms with van der Waals surface area (Å²) in [6.45, 7) is 1.50. The van der Waals surface area contributed by atoms with E-state index in [2.05, 4.69) is 90.8 Å². The molecule has 4 unspecified atom stereocenters. The fourth-order valence-corrected chi connectivity index (χ4v) is 9.65. The van der Waals surface area contributed by atoms with Gasteiger partial charge in [-0.15, -0.1) is 0 Å². The largest absolute Gasteiger partial charge is 0.465 e. The highest BCUT2D eigenvalue weighted by Gasteiger charge is 2.43. The molecule has 14 nitrogen and oxygen atoms in total. The third-order valence-electron chi connectivity index (χ3n) is 12.1. The van der Waals surface area contributed by atoms with Crippen LogP contribution < -0.4 is 10.6 Å². The molecule has 6 atom stereocenters. The summed E-state index contributed by atoms with van der Waals surface area (Å²) in [7, 11) is 0. The molecule has 6 N–H and O–H groups in total. The molecule has 14 heteroatoms. The van der Waals surface area contributed by atoms with Gasteiger partial charge in [0, 0.05) is 11.1 Å². The van der Waals surface area contributed by atoms with Gasteiger partial charge in [-0.3, -0.25) is 9.80 Å². The average molecular weight is 759 g/mol. The van der Waals surface area contributed by atoms with E-state index in [9.17, 15) is 29.4 Å². The van der Waals surface area contributed by atoms with Crippen molar-refractivity contribution < 1.29 is 29.4 Å². The Bertz CT molecular complexity index is 2010. The Morgan fingerprint density at radius 3 is 1.38 bits per heavy atom. The number of hydrogen-bond donors (Lipinski definition) is 6. The third-order valence-corrected chi connectivity index (χ3v) is 12.1. The van der Waals surface area contributed by atoms with E-state index >= 15 is 0 Å². The van der Waals surface area contributed by atoms with Crippen LogP contribution in [0.4, 0.5) is 9.59 Å². The molecular formula is C42H46N8O6. The van der Waals surface area contributed by atoms with Crippen LogP contribution in [0, 0.1) is 0 Å². The minimum Gasteiger partial charge on any atom is -0.465 e. The zero-order valence-corrected chi connectivity index (χ0v) is 31.0. The van der Waals surface area contributed by atoms with Gasteiger partial charge in [-0.25, -0.2) is 29.1 Å². The van der Waals surface area contributed by atoms with Gasteiger partial charge in [0.25, 0.3) is 0 Å². The molecule has 8 rings (SSSR count). The molecule has 2 aliphatic heterocycles. The summed E-state index contributed by atoms with van der Waals surface area (Å²) in [5.74, 6) is 5.87. The van der Waals surface area contributed by atoms with Crippen molar-refractivity contribution in [1.29, 1.82) is 0 Å². The van der Waals surface area contributed by atoms with Crippen molar-refractivity contribution in [2.75, 3.05) is 13.1 Å². The number of imidazole rings is 2. The number of benzene rings is 2. The first-order valence-corrected chi connectivity index (χ1v) is 19.6. The number of likely N-dealkylation sites (tertiary alicyclic amines) is 2. The minimum absolute atomic E-state index is 0.0630. The van der Waals surface area contributed by atoms with Crippen LogP contribution in [0.2, 0.25) is 0 Å². The number of aromatic nitrogens is 4. The van der Waals surface area contributed by atoms with E-state index in [4.69, 9.17) is 9.97 Å². The number of aromatic amines is 2. The predicted molar refractivity (Wildman–Crippen MR) is 208 cm³/mol. The molecule has 0 spiro atoms. The van der Waals surface area contributed by atoms with Crippen LogP contribution in [0.15, 0.2) is 72.1 Å². The molecule has 4 heterocycles. The number of hydrogen-bond acceptors (Lipinski definition) is 8. The standard InChI is InChI=1S/C42H46N8O6/c51-23-29-5-1-7-31(47-41(53)54)37(29)49-19-3-9-35(49)39-43-21-33(45-39)27-15-11-25(12-16-27)26-13-17-28(18-14-26)34-22-44-40(46-34)36-10-4-20-50(36)38-30(24-52)6-2-8-32(38)48-42(55)56/h11-18,21-22,31-32,35-38,47-48H,1-10,19-20H2,(H,43,45)(H,44,46)(H,53,54)(H,55,56)/t31-,32?,35?,36?,37-,38?/m1/s1. The summed E-state index contributed by atoms with van der Waals surface area (Å²) in [6.07, 6.45) is 9.16. The lowest BCUT2D eigenvalue weighted by atomic mass is 9.85. The van der Waals surface area contributed by atoms with Crippen LogP contribution >= 0.6 is 0 Å². The molecule has 2 amide bonds. The Hall–Kier alpha value is -5.78. The second-order valence-corrected chi connectivity index (χ2v) is 15.4. The van der Waals surface area contributed by atoms with Crippen LogP contribution in [-0.2, 0) is 9.59 Å². The first kappa shape index (κ1) is 37.2. The first-order valence-electron chi connectivity index (χ1n) is 19.6. The average Bonchev–Trinajstić information content (AvgIpc) is 4.05. The van der Waals surface area contributed by atoms with E-state index < -0.39 is 12.2 Å². The van der Waals surface area contributed by atoms with E-state index in [0.29, 0.717) is 36.8 Å². The van der Waals surface area contributed by atoms with Gasteiger partial charge in [0.15, 0.2) is 0 Å². The maximum atomic E-state index is 11.9. The van der Waals surface area contributed by atoms with E-state index in [0.717, 1.165) is 96.9 Å². The molecular weight excluding hydrogens is 713 g/mol. The fraction of sp³-hybridized carbons (Fsp3) is 0.429. The minimum atomic E-state index is -1.08. The normalized spacial score (nSPS) is 25.8. The van der Waals surface area contributed by atoms with Crippen LogP contribution in [0.5, 0.6) is 0 Å². The van der Waals surface area contributed by atoms with E-state index in [1.54, 1.807) is 0 Å². The SMILES string of the molecule is O=C=C1CCCC(NC(=O)O)C1N1CCCC1c1ncc(-c2ccc(-c3ccc(-c4cnc(C5CCCN5[C@@H]5C(=C=O)CCC[C@H]5NC(=O)O)[nH]4)cc3)cc2)[nH]1. The number of nitrogens with zero attached hydrogens (tertiary/aromatic N) is 4. The van der Waals surface area contributed by atoms with E-state index in [-0.39, 0.29) is 36.3 Å². The summed E-state index contributed by atoms with van der Waals surface area (Å²) in [5, 5.41) is 24.3. The second kappa shape index (κ2) is 16.1. The van der Waals surface area contributed by atoms with Gasteiger partial charge in [0.1, 0.15) is 23.5 Å². The van der Waals surface area contributed by atoms with Crippen molar-refractivity contribution in [2.45, 2.75) is 100 Å². The van der Waals surface area contributed by atoms with Crippen molar-refractivity contribution in [3.05, 3.63) is 83.7 Å². The molecule has 4 aliphatic rings. The van der Waals surface area contributed by atoms with Crippen molar-refractivity contribution in [1.82, 2.24) is 40.4 Å². The summed E-state index contributed by atoms with van der Waals surface area (Å²) in [4.78, 5) is 68.0. The highest BCUT2D eigenvalue weighted by Crippen LogP contribution is 2.40. The molecule has 2 aromatic carbocycles. The van der Waals surface area contributed by atoms with Gasteiger partial charge >= 0.3 is 12.2 Å². The third kappa shape index (κ3) is 7.44. The van der Waals surface area contributed by atoms with Crippen LogP contribution in [-0.4, -0.2) is 101 Å². The maximum Gasteiger partial charge on any atom is 0.404 e. The number of carbonyl (C=O) groups excluding carboxylic acids is 2. The molecule has 2 saturated carbocycles. The van der Waals surface area contributed by atoms with Gasteiger partial charge < -0.3 is 30.8 Å². The van der Waals surface area contributed by atoms with Crippen molar-refractivity contribution in [3.63, 3.8) is 0 Å². The van der Waals surface area contributed by atoms with Crippen molar-refractivity contribution in [2.24, 2.45) is 0 Å². The number of H-pyrrole nitrogens is 2. The highest BCUT2D eigenvalue weighted by atomic mass is 16.4. The monoisotopic (exact) mass is 758 g/mol. The molecule has 56 heavy (non-hydrogen) atoms. The summed E-state index contributed by atoms with van der Waals surface area (Å²) >= 11 is 0. The number of amides is 2. The molecule has 290 valence electrons. The Labute approximate surface area is 324 Å². The van der Waals surface area contributed by atoms with Gasteiger partial charge in [0.2, 0.25) is 0 Å². The maximum absolute atomic E-state index is 11.9. The van der Waals surface area contributed by atoms with E-state index in [1.807, 2.05) is 12.4 Å². The molecule has 2 aliphatic carbocycles. The quantitative estimate of drug-likeness (QED) is 0.105. The molecule has 4 fully saturated rings. The summed E-state index contributed by atoms with van der Waals surface area (Å²) in [6, 6.07) is 15.1. The molecule has 4 aromatic rings. The lowest BCUT2D eigenvalue weighted by molar-refractivity contribution is 0.133. The van der Waals surface area contributed by atoms with Crippen LogP contribution in [0.3, 0.4) is 0 Å². The molecule has 2 aromatic heterocycles. The first-order chi connectivity index (χ1) is 27.3. The van der Waals surface area contributed by atoms with E-state index in [1.165, 1.54) is 0 Å². The Balaban J connectivity index is 0.944. The van der Waals surface area contributed by atoms with Gasteiger partial charge in [-0.05, 0) is 99.6 Å². The van der Waals surface area contributed by atoms with Gasteiger partial charge in [0.05, 0.1) is 60.0 Å². The zero-order valence-electron chi connectivity index (χ0n) is 31.0. The number of carboxylic acid groups (broad SMARTS) is 2. The van der Waals surface area contributed by atoms with Gasteiger partial charge in [-0.1, -0.05) is 48.5 Å². The van der Waals surface area contributed by atoms with Gasteiger partial charge in [-0.2, -0.15) is 0 Å². The van der Waals surface area contributed by atoms with Crippen molar-refractivity contribution >= 4 is 24.1 Å². The predicted octanol–water partition coefficient (Wildman–Crippen LogP) is 6.30. The number of nitrogens with one attached hydrogen (secondary N) is 4. The Kier molecular flexibility index (Phi) is 10.7. The zero-order chi connectivity index (χ0) is 38.8.